The number of hydrogen-bond acceptors (Lipinski definition) is 2. The number of benzene rings is 1. The molecule has 0 spiro atoms. The first-order chi connectivity index (χ1) is 15.4. The van der Waals surface area contributed by atoms with Gasteiger partial charge in [0, 0.05) is 5.56 Å². The molecule has 1 heterocycles. The lowest BCUT2D eigenvalue weighted by Crippen LogP contribution is -2.09. The van der Waals surface area contributed by atoms with Crippen molar-refractivity contribution in [2.75, 3.05) is 6.61 Å². The fourth-order valence-corrected chi connectivity index (χ4v) is 4.66. The van der Waals surface area contributed by atoms with Gasteiger partial charge in [-0.15, -0.1) is 0 Å². The van der Waals surface area contributed by atoms with Crippen molar-refractivity contribution in [2.45, 2.75) is 141 Å². The van der Waals surface area contributed by atoms with Gasteiger partial charge in [0.05, 0.1) is 12.7 Å². The van der Waals surface area contributed by atoms with E-state index in [0.29, 0.717) is 0 Å². The molecular weight excluding hydrogens is 380 g/mol. The van der Waals surface area contributed by atoms with Crippen LogP contribution in [0.4, 0.5) is 0 Å². The van der Waals surface area contributed by atoms with Crippen molar-refractivity contribution in [1.82, 2.24) is 0 Å². The standard InChI is InChI=1S/C29H50O2/c1-2-3-4-5-6-7-8-9-10-11-12-13-14-15-16-17-18-22-25-28-26-30-29(31-28)27-23-20-19-21-24-27/h19-21,23-24,28-29H,2-18,22,25-26H2,1H3/t28-,29?/m1/s1. The number of rotatable bonds is 20. The summed E-state index contributed by atoms with van der Waals surface area (Å²) in [7, 11) is 0. The molecule has 0 aliphatic carbocycles. The first kappa shape index (κ1) is 26.4. The van der Waals surface area contributed by atoms with Gasteiger partial charge in [-0.2, -0.15) is 0 Å². The van der Waals surface area contributed by atoms with E-state index in [0.717, 1.165) is 18.6 Å². The summed E-state index contributed by atoms with van der Waals surface area (Å²) in [5.41, 5.74) is 1.14. The van der Waals surface area contributed by atoms with Crippen LogP contribution in [-0.4, -0.2) is 12.7 Å². The maximum absolute atomic E-state index is 6.06. The van der Waals surface area contributed by atoms with Gasteiger partial charge in [0.2, 0.25) is 0 Å². The number of hydrogen-bond donors (Lipinski definition) is 0. The molecule has 2 nitrogen and oxygen atoms in total. The Morgan fingerprint density at radius 2 is 1.06 bits per heavy atom. The van der Waals surface area contributed by atoms with E-state index in [1.165, 1.54) is 116 Å². The predicted molar refractivity (Wildman–Crippen MR) is 133 cm³/mol. The predicted octanol–water partition coefficient (Wildman–Crippen LogP) is 9.53. The fourth-order valence-electron chi connectivity index (χ4n) is 4.66. The van der Waals surface area contributed by atoms with E-state index in [4.69, 9.17) is 9.47 Å². The zero-order valence-electron chi connectivity index (χ0n) is 20.5. The van der Waals surface area contributed by atoms with Crippen LogP contribution >= 0.6 is 0 Å². The Balaban J connectivity index is 1.27. The molecule has 2 rings (SSSR count). The Kier molecular flexibility index (Phi) is 15.9. The van der Waals surface area contributed by atoms with Crippen LogP contribution in [-0.2, 0) is 9.47 Å². The summed E-state index contributed by atoms with van der Waals surface area (Å²) in [6, 6.07) is 10.3. The minimum absolute atomic E-state index is 0.151. The third kappa shape index (κ3) is 13.3. The van der Waals surface area contributed by atoms with Crippen molar-refractivity contribution in [3.05, 3.63) is 35.9 Å². The van der Waals surface area contributed by atoms with Gasteiger partial charge in [0.15, 0.2) is 6.29 Å². The molecule has 1 aromatic carbocycles. The van der Waals surface area contributed by atoms with E-state index in [9.17, 15) is 0 Å². The minimum atomic E-state index is -0.151. The van der Waals surface area contributed by atoms with Gasteiger partial charge in [-0.05, 0) is 6.42 Å². The van der Waals surface area contributed by atoms with Crippen molar-refractivity contribution in [3.8, 4) is 0 Å². The van der Waals surface area contributed by atoms with E-state index >= 15 is 0 Å². The zero-order chi connectivity index (χ0) is 21.8. The smallest absolute Gasteiger partial charge is 0.184 e. The highest BCUT2D eigenvalue weighted by Crippen LogP contribution is 2.29. The Morgan fingerprint density at radius 3 is 1.55 bits per heavy atom. The molecule has 0 bridgehead atoms. The lowest BCUT2D eigenvalue weighted by Gasteiger charge is -2.11. The highest BCUT2D eigenvalue weighted by molar-refractivity contribution is 5.16. The maximum atomic E-state index is 6.06. The monoisotopic (exact) mass is 430 g/mol. The van der Waals surface area contributed by atoms with Crippen molar-refractivity contribution in [1.29, 1.82) is 0 Å². The van der Waals surface area contributed by atoms with Gasteiger partial charge in [0.25, 0.3) is 0 Å². The van der Waals surface area contributed by atoms with Crippen molar-refractivity contribution >= 4 is 0 Å². The second kappa shape index (κ2) is 18.7. The SMILES string of the molecule is CCCCCCCCCCCCCCCCCCCC[C@@H]1COC(c2ccccc2)O1. The Morgan fingerprint density at radius 1 is 0.613 bits per heavy atom. The quantitative estimate of drug-likeness (QED) is 0.192. The topological polar surface area (TPSA) is 18.5 Å². The van der Waals surface area contributed by atoms with Gasteiger partial charge in [0.1, 0.15) is 0 Å². The summed E-state index contributed by atoms with van der Waals surface area (Å²) in [4.78, 5) is 0. The molecular formula is C29H50O2. The molecule has 0 amide bonds. The minimum Gasteiger partial charge on any atom is -0.346 e. The van der Waals surface area contributed by atoms with E-state index in [1.807, 2.05) is 18.2 Å². The van der Waals surface area contributed by atoms with Crippen LogP contribution in [0.3, 0.4) is 0 Å². The number of unbranched alkanes of at least 4 members (excludes halogenated alkanes) is 17. The lowest BCUT2D eigenvalue weighted by atomic mass is 10.0. The molecule has 2 heteroatoms. The first-order valence-corrected chi connectivity index (χ1v) is 13.7. The van der Waals surface area contributed by atoms with Crippen LogP contribution in [0.15, 0.2) is 30.3 Å². The van der Waals surface area contributed by atoms with Crippen LogP contribution < -0.4 is 0 Å². The summed E-state index contributed by atoms with van der Waals surface area (Å²) < 4.78 is 11.9. The average molecular weight is 431 g/mol. The molecule has 0 radical (unpaired) electrons. The number of ether oxygens (including phenoxy) is 2. The third-order valence-corrected chi connectivity index (χ3v) is 6.70. The zero-order valence-corrected chi connectivity index (χ0v) is 20.5. The van der Waals surface area contributed by atoms with Crippen LogP contribution in [0.1, 0.15) is 141 Å². The summed E-state index contributed by atoms with van der Waals surface area (Å²) in [5.74, 6) is 0. The van der Waals surface area contributed by atoms with E-state index < -0.39 is 0 Å². The molecule has 1 aliphatic rings. The molecule has 1 unspecified atom stereocenters. The van der Waals surface area contributed by atoms with Gasteiger partial charge < -0.3 is 9.47 Å². The van der Waals surface area contributed by atoms with Crippen molar-refractivity contribution < 1.29 is 9.47 Å². The molecule has 178 valence electrons. The van der Waals surface area contributed by atoms with Crippen LogP contribution in [0.25, 0.3) is 0 Å². The van der Waals surface area contributed by atoms with Crippen LogP contribution in [0, 0.1) is 0 Å². The molecule has 1 aromatic rings. The molecule has 1 aliphatic heterocycles. The van der Waals surface area contributed by atoms with E-state index in [-0.39, 0.29) is 12.4 Å². The largest absolute Gasteiger partial charge is 0.346 e. The molecule has 0 saturated carbocycles. The molecule has 2 atom stereocenters. The van der Waals surface area contributed by atoms with E-state index in [2.05, 4.69) is 19.1 Å². The first-order valence-electron chi connectivity index (χ1n) is 13.7. The Hall–Kier alpha value is -0.860. The maximum Gasteiger partial charge on any atom is 0.184 e. The summed E-state index contributed by atoms with van der Waals surface area (Å²) >= 11 is 0. The lowest BCUT2D eigenvalue weighted by molar-refractivity contribution is -0.0613. The Labute approximate surface area is 193 Å². The van der Waals surface area contributed by atoms with Gasteiger partial charge >= 0.3 is 0 Å². The highest BCUT2D eigenvalue weighted by atomic mass is 16.7. The van der Waals surface area contributed by atoms with Crippen LogP contribution in [0.2, 0.25) is 0 Å². The molecule has 0 aromatic heterocycles. The summed E-state index contributed by atoms with van der Waals surface area (Å²) in [6.07, 6.45) is 27.0. The van der Waals surface area contributed by atoms with Gasteiger partial charge in [-0.3, -0.25) is 0 Å². The summed E-state index contributed by atoms with van der Waals surface area (Å²) in [5, 5.41) is 0. The van der Waals surface area contributed by atoms with Crippen LogP contribution in [0.5, 0.6) is 0 Å². The second-order valence-electron chi connectivity index (χ2n) is 9.63. The molecule has 1 saturated heterocycles. The van der Waals surface area contributed by atoms with Crippen molar-refractivity contribution in [3.63, 3.8) is 0 Å². The van der Waals surface area contributed by atoms with Crippen molar-refractivity contribution in [2.24, 2.45) is 0 Å². The molecule has 1 fully saturated rings. The third-order valence-electron chi connectivity index (χ3n) is 6.70. The molecule has 31 heavy (non-hydrogen) atoms. The average Bonchev–Trinajstić information content (AvgIpc) is 3.28. The fraction of sp³-hybridized carbons (Fsp3) is 0.793. The second-order valence-corrected chi connectivity index (χ2v) is 9.63. The van der Waals surface area contributed by atoms with Gasteiger partial charge in [-0.1, -0.05) is 153 Å². The highest BCUT2D eigenvalue weighted by Gasteiger charge is 2.26. The van der Waals surface area contributed by atoms with E-state index in [1.54, 1.807) is 0 Å². The normalized spacial score (nSPS) is 18.6. The summed E-state index contributed by atoms with van der Waals surface area (Å²) in [6.45, 7) is 3.05. The Bertz CT molecular complexity index is 501. The molecule has 0 N–H and O–H groups in total. The van der Waals surface area contributed by atoms with Gasteiger partial charge in [-0.25, -0.2) is 0 Å².